The molecular weight excluding hydrogens is 388 g/mol. The predicted molar refractivity (Wildman–Crippen MR) is 121 cm³/mol. The van der Waals surface area contributed by atoms with E-state index in [0.717, 1.165) is 34.9 Å². The summed E-state index contributed by atoms with van der Waals surface area (Å²) in [6, 6.07) is 22.0. The van der Waals surface area contributed by atoms with Gasteiger partial charge in [0, 0.05) is 30.0 Å². The number of fused-ring (bicyclic) bond motifs is 1. The van der Waals surface area contributed by atoms with E-state index in [-0.39, 0.29) is 11.9 Å². The summed E-state index contributed by atoms with van der Waals surface area (Å²) in [5, 5.41) is 9.38. The molecule has 1 aliphatic rings. The molecule has 0 unspecified atom stereocenters. The van der Waals surface area contributed by atoms with E-state index in [1.165, 1.54) is 5.56 Å². The predicted octanol–water partition coefficient (Wildman–Crippen LogP) is 5.61. The van der Waals surface area contributed by atoms with Crippen molar-refractivity contribution in [3.63, 3.8) is 0 Å². The van der Waals surface area contributed by atoms with Crippen molar-refractivity contribution in [3.8, 4) is 11.4 Å². The van der Waals surface area contributed by atoms with Crippen molar-refractivity contribution in [3.05, 3.63) is 78.2 Å². The second-order valence-electron chi connectivity index (χ2n) is 8.04. The van der Waals surface area contributed by atoms with Crippen LogP contribution >= 0.6 is 0 Å². The van der Waals surface area contributed by atoms with E-state index in [9.17, 15) is 4.79 Å². The van der Waals surface area contributed by atoms with Crippen LogP contribution < -0.4 is 5.32 Å². The quantitative estimate of drug-likeness (QED) is 0.475. The maximum absolute atomic E-state index is 12.8. The Kier molecular flexibility index (Phi) is 5.12. The molecule has 1 aromatic heterocycles. The summed E-state index contributed by atoms with van der Waals surface area (Å²) in [7, 11) is 0. The van der Waals surface area contributed by atoms with Gasteiger partial charge in [-0.3, -0.25) is 0 Å². The number of aromatic nitrogens is 2. The van der Waals surface area contributed by atoms with Crippen LogP contribution in [0.2, 0.25) is 0 Å². The van der Waals surface area contributed by atoms with Crippen LogP contribution in [0.3, 0.4) is 0 Å². The lowest BCUT2D eigenvalue weighted by atomic mass is 9.97. The average Bonchev–Trinajstić information content (AvgIpc) is 3.30. The summed E-state index contributed by atoms with van der Waals surface area (Å²) >= 11 is 0. The van der Waals surface area contributed by atoms with Crippen molar-refractivity contribution in [1.29, 1.82) is 0 Å². The number of carbonyl (C=O) groups excluding carboxylic acids is 1. The number of hydrogen-bond donors (Lipinski definition) is 1. The van der Waals surface area contributed by atoms with Crippen molar-refractivity contribution >= 4 is 22.5 Å². The highest BCUT2D eigenvalue weighted by Gasteiger charge is 2.28. The SMILES string of the molecule is Cc1ccc(-c2noc(C3CCN(C(=O)Nc4cccc5ccccc45)CC3)n2)cc1. The van der Waals surface area contributed by atoms with E-state index in [1.54, 1.807) is 0 Å². The number of urea groups is 1. The molecule has 0 bridgehead atoms. The van der Waals surface area contributed by atoms with Gasteiger partial charge in [0.15, 0.2) is 0 Å². The third-order valence-corrected chi connectivity index (χ3v) is 5.91. The molecule has 0 radical (unpaired) electrons. The number of hydrogen-bond acceptors (Lipinski definition) is 4. The highest BCUT2D eigenvalue weighted by Crippen LogP contribution is 2.29. The summed E-state index contributed by atoms with van der Waals surface area (Å²) in [5.41, 5.74) is 2.99. The van der Waals surface area contributed by atoms with E-state index >= 15 is 0 Å². The fourth-order valence-electron chi connectivity index (χ4n) is 4.08. The lowest BCUT2D eigenvalue weighted by molar-refractivity contribution is 0.187. The van der Waals surface area contributed by atoms with Crippen LogP contribution in [0.5, 0.6) is 0 Å². The van der Waals surface area contributed by atoms with Gasteiger partial charge < -0.3 is 14.7 Å². The van der Waals surface area contributed by atoms with Crippen molar-refractivity contribution < 1.29 is 9.32 Å². The molecule has 0 aliphatic carbocycles. The molecule has 0 saturated carbocycles. The van der Waals surface area contributed by atoms with E-state index < -0.39 is 0 Å². The molecule has 1 N–H and O–H groups in total. The standard InChI is InChI=1S/C25H24N4O2/c1-17-9-11-19(12-10-17)23-27-24(31-28-23)20-13-15-29(16-14-20)25(30)26-22-8-4-6-18-5-2-3-7-21(18)22/h2-12,20H,13-16H2,1H3,(H,26,30). The number of rotatable bonds is 3. The Morgan fingerprint density at radius 2 is 1.74 bits per heavy atom. The molecular formula is C25H24N4O2. The van der Waals surface area contributed by atoms with Gasteiger partial charge in [0.05, 0.1) is 5.69 Å². The third kappa shape index (κ3) is 4.01. The second kappa shape index (κ2) is 8.22. The molecule has 3 aromatic carbocycles. The molecule has 2 heterocycles. The average molecular weight is 412 g/mol. The summed E-state index contributed by atoms with van der Waals surface area (Å²) < 4.78 is 5.55. The fourth-order valence-corrected chi connectivity index (χ4v) is 4.08. The van der Waals surface area contributed by atoms with Crippen LogP contribution in [0.15, 0.2) is 71.3 Å². The number of carbonyl (C=O) groups is 1. The Morgan fingerprint density at radius 3 is 2.55 bits per heavy atom. The maximum atomic E-state index is 12.8. The van der Waals surface area contributed by atoms with Crippen LogP contribution in [-0.2, 0) is 0 Å². The molecule has 6 nitrogen and oxygen atoms in total. The summed E-state index contributed by atoms with van der Waals surface area (Å²) in [4.78, 5) is 19.3. The lowest BCUT2D eigenvalue weighted by Gasteiger charge is -2.30. The minimum absolute atomic E-state index is 0.0688. The van der Waals surface area contributed by atoms with Crippen LogP contribution in [0.25, 0.3) is 22.2 Å². The lowest BCUT2D eigenvalue weighted by Crippen LogP contribution is -2.40. The number of amides is 2. The van der Waals surface area contributed by atoms with Gasteiger partial charge in [-0.25, -0.2) is 4.79 Å². The first kappa shape index (κ1) is 19.3. The van der Waals surface area contributed by atoms with Gasteiger partial charge >= 0.3 is 6.03 Å². The molecule has 1 saturated heterocycles. The zero-order valence-corrected chi connectivity index (χ0v) is 17.4. The number of piperidine rings is 1. The van der Waals surface area contributed by atoms with Gasteiger partial charge in [-0.1, -0.05) is 71.4 Å². The molecule has 156 valence electrons. The number of likely N-dealkylation sites (tertiary alicyclic amines) is 1. The number of benzene rings is 3. The second-order valence-corrected chi connectivity index (χ2v) is 8.04. The normalized spacial score (nSPS) is 14.7. The van der Waals surface area contributed by atoms with Gasteiger partial charge in [-0.15, -0.1) is 0 Å². The minimum atomic E-state index is -0.0688. The third-order valence-electron chi connectivity index (χ3n) is 5.91. The molecule has 2 amide bonds. The minimum Gasteiger partial charge on any atom is -0.339 e. The molecule has 4 aromatic rings. The van der Waals surface area contributed by atoms with Crippen molar-refractivity contribution in [1.82, 2.24) is 15.0 Å². The molecule has 0 spiro atoms. The number of nitrogens with zero attached hydrogens (tertiary/aromatic N) is 3. The Balaban J connectivity index is 1.22. The van der Waals surface area contributed by atoms with Gasteiger partial charge in [0.1, 0.15) is 0 Å². The first-order valence-corrected chi connectivity index (χ1v) is 10.6. The first-order valence-electron chi connectivity index (χ1n) is 10.6. The topological polar surface area (TPSA) is 71.3 Å². The summed E-state index contributed by atoms with van der Waals surface area (Å²) in [6.45, 7) is 3.36. The zero-order valence-electron chi connectivity index (χ0n) is 17.4. The number of anilines is 1. The summed E-state index contributed by atoms with van der Waals surface area (Å²) in [5.74, 6) is 1.45. The van der Waals surface area contributed by atoms with Gasteiger partial charge in [0.25, 0.3) is 0 Å². The summed E-state index contributed by atoms with van der Waals surface area (Å²) in [6.07, 6.45) is 1.61. The van der Waals surface area contributed by atoms with Crippen molar-refractivity contribution in [2.75, 3.05) is 18.4 Å². The monoisotopic (exact) mass is 412 g/mol. The Morgan fingerprint density at radius 1 is 1.00 bits per heavy atom. The first-order chi connectivity index (χ1) is 15.2. The molecule has 0 atom stereocenters. The van der Waals surface area contributed by atoms with Crippen LogP contribution in [0, 0.1) is 6.92 Å². The van der Waals surface area contributed by atoms with Gasteiger partial charge in [0.2, 0.25) is 11.7 Å². The Hall–Kier alpha value is -3.67. The van der Waals surface area contributed by atoms with E-state index in [2.05, 4.69) is 22.4 Å². The van der Waals surface area contributed by atoms with Gasteiger partial charge in [-0.2, -0.15) is 4.98 Å². The highest BCUT2D eigenvalue weighted by atomic mass is 16.5. The maximum Gasteiger partial charge on any atom is 0.321 e. The Bertz CT molecular complexity index is 1200. The number of nitrogens with one attached hydrogen (secondary N) is 1. The highest BCUT2D eigenvalue weighted by molar-refractivity contribution is 6.01. The van der Waals surface area contributed by atoms with Crippen LogP contribution in [0.4, 0.5) is 10.5 Å². The molecule has 31 heavy (non-hydrogen) atoms. The van der Waals surface area contributed by atoms with Crippen molar-refractivity contribution in [2.45, 2.75) is 25.7 Å². The Labute approximate surface area is 180 Å². The van der Waals surface area contributed by atoms with E-state index in [0.29, 0.717) is 24.8 Å². The smallest absolute Gasteiger partial charge is 0.321 e. The largest absolute Gasteiger partial charge is 0.339 e. The van der Waals surface area contributed by atoms with E-state index in [1.807, 2.05) is 71.6 Å². The zero-order chi connectivity index (χ0) is 21.2. The van der Waals surface area contributed by atoms with Crippen molar-refractivity contribution in [2.24, 2.45) is 0 Å². The van der Waals surface area contributed by atoms with Gasteiger partial charge in [-0.05, 0) is 31.2 Å². The van der Waals surface area contributed by atoms with Crippen LogP contribution in [-0.4, -0.2) is 34.2 Å². The fraction of sp³-hybridized carbons (Fsp3) is 0.240. The van der Waals surface area contributed by atoms with E-state index in [4.69, 9.17) is 4.52 Å². The molecule has 1 fully saturated rings. The molecule has 6 heteroatoms. The van der Waals surface area contributed by atoms with Crippen LogP contribution in [0.1, 0.15) is 30.2 Å². The number of aryl methyl sites for hydroxylation is 1. The molecule has 1 aliphatic heterocycles. The molecule has 5 rings (SSSR count).